The highest BCUT2D eigenvalue weighted by atomic mass is 79.9. The number of aryl methyl sites for hydroxylation is 1. The standard InChI is InChI=1S/C13H13BrFN3/c1-8-12(14)13(16-2)18-11(17-8)7-9-5-3-4-6-10(9)15/h3-6H,7H2,1-2H3,(H,16,17,18). The Morgan fingerprint density at radius 3 is 2.67 bits per heavy atom. The monoisotopic (exact) mass is 309 g/mol. The number of hydrogen-bond acceptors (Lipinski definition) is 3. The molecule has 0 unspecified atom stereocenters. The molecule has 18 heavy (non-hydrogen) atoms. The summed E-state index contributed by atoms with van der Waals surface area (Å²) in [5.74, 6) is 1.09. The smallest absolute Gasteiger partial charge is 0.144 e. The Balaban J connectivity index is 2.36. The zero-order valence-corrected chi connectivity index (χ0v) is 11.8. The molecule has 0 saturated carbocycles. The van der Waals surface area contributed by atoms with E-state index in [1.807, 2.05) is 13.0 Å². The molecular formula is C13H13BrFN3. The average molecular weight is 310 g/mol. The summed E-state index contributed by atoms with van der Waals surface area (Å²) in [6.07, 6.45) is 0.384. The Bertz CT molecular complexity index is 572. The maximum atomic E-state index is 13.6. The maximum absolute atomic E-state index is 13.6. The Morgan fingerprint density at radius 1 is 1.28 bits per heavy atom. The highest BCUT2D eigenvalue weighted by Crippen LogP contribution is 2.23. The first-order valence-electron chi connectivity index (χ1n) is 5.56. The van der Waals surface area contributed by atoms with Gasteiger partial charge in [-0.1, -0.05) is 18.2 Å². The van der Waals surface area contributed by atoms with Crippen LogP contribution in [-0.2, 0) is 6.42 Å². The summed E-state index contributed by atoms with van der Waals surface area (Å²) in [6.45, 7) is 1.89. The maximum Gasteiger partial charge on any atom is 0.144 e. The van der Waals surface area contributed by atoms with Crippen molar-refractivity contribution >= 4 is 21.7 Å². The summed E-state index contributed by atoms with van der Waals surface area (Å²) in [6, 6.07) is 6.67. The molecule has 1 aromatic carbocycles. The predicted molar refractivity (Wildman–Crippen MR) is 73.2 cm³/mol. The molecule has 2 aromatic rings. The van der Waals surface area contributed by atoms with Crippen molar-refractivity contribution in [2.45, 2.75) is 13.3 Å². The molecule has 94 valence electrons. The van der Waals surface area contributed by atoms with Gasteiger partial charge in [0.05, 0.1) is 10.2 Å². The number of benzene rings is 1. The second kappa shape index (κ2) is 5.44. The van der Waals surface area contributed by atoms with Crippen molar-refractivity contribution in [3.05, 3.63) is 51.6 Å². The minimum Gasteiger partial charge on any atom is -0.372 e. The SMILES string of the molecule is CNc1nc(Cc2ccccc2F)nc(C)c1Br. The van der Waals surface area contributed by atoms with E-state index < -0.39 is 0 Å². The topological polar surface area (TPSA) is 37.8 Å². The normalized spacial score (nSPS) is 10.4. The van der Waals surface area contributed by atoms with Gasteiger partial charge in [-0.25, -0.2) is 14.4 Å². The minimum atomic E-state index is -0.229. The van der Waals surface area contributed by atoms with Gasteiger partial charge >= 0.3 is 0 Å². The minimum absolute atomic E-state index is 0.229. The molecule has 0 saturated heterocycles. The van der Waals surface area contributed by atoms with Crippen LogP contribution in [0.3, 0.4) is 0 Å². The molecule has 0 atom stereocenters. The lowest BCUT2D eigenvalue weighted by atomic mass is 10.1. The summed E-state index contributed by atoms with van der Waals surface area (Å²) in [5, 5.41) is 2.99. The molecule has 3 nitrogen and oxygen atoms in total. The van der Waals surface area contributed by atoms with E-state index in [1.165, 1.54) is 6.07 Å². The molecule has 0 spiro atoms. The van der Waals surface area contributed by atoms with Gasteiger partial charge in [0.1, 0.15) is 17.5 Å². The predicted octanol–water partition coefficient (Wildman–Crippen LogP) is 3.32. The zero-order chi connectivity index (χ0) is 13.1. The summed E-state index contributed by atoms with van der Waals surface area (Å²) in [7, 11) is 1.79. The van der Waals surface area contributed by atoms with Gasteiger partial charge in [-0.05, 0) is 34.5 Å². The first kappa shape index (κ1) is 13.0. The van der Waals surface area contributed by atoms with Crippen LogP contribution in [0, 0.1) is 12.7 Å². The fourth-order valence-electron chi connectivity index (χ4n) is 1.67. The van der Waals surface area contributed by atoms with Crippen LogP contribution in [-0.4, -0.2) is 17.0 Å². The zero-order valence-electron chi connectivity index (χ0n) is 10.2. The van der Waals surface area contributed by atoms with Gasteiger partial charge in [0.15, 0.2) is 0 Å². The molecule has 1 heterocycles. The van der Waals surface area contributed by atoms with Gasteiger partial charge < -0.3 is 5.32 Å². The third kappa shape index (κ3) is 2.67. The summed E-state index contributed by atoms with van der Waals surface area (Å²) in [5.41, 5.74) is 1.43. The van der Waals surface area contributed by atoms with E-state index >= 15 is 0 Å². The molecular weight excluding hydrogens is 297 g/mol. The van der Waals surface area contributed by atoms with Gasteiger partial charge in [-0.15, -0.1) is 0 Å². The number of hydrogen-bond donors (Lipinski definition) is 1. The largest absolute Gasteiger partial charge is 0.372 e. The van der Waals surface area contributed by atoms with E-state index in [4.69, 9.17) is 0 Å². The number of anilines is 1. The van der Waals surface area contributed by atoms with Crippen LogP contribution in [0.1, 0.15) is 17.1 Å². The Morgan fingerprint density at radius 2 is 2.00 bits per heavy atom. The molecule has 1 N–H and O–H groups in total. The quantitative estimate of drug-likeness (QED) is 0.945. The molecule has 0 bridgehead atoms. The van der Waals surface area contributed by atoms with Crippen molar-refractivity contribution < 1.29 is 4.39 Å². The Labute approximate surface area is 114 Å². The number of halogens is 2. The van der Waals surface area contributed by atoms with Crippen LogP contribution in [0.2, 0.25) is 0 Å². The highest BCUT2D eigenvalue weighted by molar-refractivity contribution is 9.10. The van der Waals surface area contributed by atoms with Crippen LogP contribution >= 0.6 is 15.9 Å². The number of aromatic nitrogens is 2. The number of nitrogens with one attached hydrogen (secondary N) is 1. The summed E-state index contributed by atoms with van der Waals surface area (Å²) in [4.78, 5) is 8.71. The third-order valence-corrected chi connectivity index (χ3v) is 3.56. The molecule has 2 rings (SSSR count). The van der Waals surface area contributed by atoms with Gasteiger partial charge in [0, 0.05) is 13.5 Å². The highest BCUT2D eigenvalue weighted by Gasteiger charge is 2.10. The Hall–Kier alpha value is -1.49. The number of nitrogens with zero attached hydrogens (tertiary/aromatic N) is 2. The third-order valence-electron chi connectivity index (χ3n) is 2.61. The van der Waals surface area contributed by atoms with E-state index in [9.17, 15) is 4.39 Å². The second-order valence-electron chi connectivity index (χ2n) is 3.91. The molecule has 0 aliphatic rings. The van der Waals surface area contributed by atoms with Crippen molar-refractivity contribution in [2.24, 2.45) is 0 Å². The first-order chi connectivity index (χ1) is 8.61. The fraction of sp³-hybridized carbons (Fsp3) is 0.231. The van der Waals surface area contributed by atoms with Gasteiger partial charge in [0.25, 0.3) is 0 Å². The molecule has 0 aliphatic carbocycles. The molecule has 0 aliphatic heterocycles. The molecule has 1 aromatic heterocycles. The van der Waals surface area contributed by atoms with Crippen molar-refractivity contribution in [2.75, 3.05) is 12.4 Å². The summed E-state index contributed by atoms with van der Waals surface area (Å²) >= 11 is 3.41. The lowest BCUT2D eigenvalue weighted by Crippen LogP contribution is -2.05. The lowest BCUT2D eigenvalue weighted by Gasteiger charge is -2.09. The van der Waals surface area contributed by atoms with Crippen LogP contribution in [0.5, 0.6) is 0 Å². The van der Waals surface area contributed by atoms with Gasteiger partial charge in [-0.3, -0.25) is 0 Å². The summed E-state index contributed by atoms with van der Waals surface area (Å²) < 4.78 is 14.4. The van der Waals surface area contributed by atoms with Crippen LogP contribution in [0.4, 0.5) is 10.2 Å². The lowest BCUT2D eigenvalue weighted by molar-refractivity contribution is 0.612. The van der Waals surface area contributed by atoms with E-state index in [-0.39, 0.29) is 5.82 Å². The second-order valence-corrected chi connectivity index (χ2v) is 4.70. The average Bonchev–Trinajstić information content (AvgIpc) is 2.36. The molecule has 0 fully saturated rings. The van der Waals surface area contributed by atoms with Crippen molar-refractivity contribution in [1.82, 2.24) is 9.97 Å². The van der Waals surface area contributed by atoms with Crippen LogP contribution < -0.4 is 5.32 Å². The van der Waals surface area contributed by atoms with Crippen molar-refractivity contribution in [1.29, 1.82) is 0 Å². The van der Waals surface area contributed by atoms with Gasteiger partial charge in [-0.2, -0.15) is 0 Å². The van der Waals surface area contributed by atoms with Crippen molar-refractivity contribution in [3.63, 3.8) is 0 Å². The van der Waals surface area contributed by atoms with Crippen molar-refractivity contribution in [3.8, 4) is 0 Å². The fourth-order valence-corrected chi connectivity index (χ4v) is 2.05. The van der Waals surface area contributed by atoms with E-state index in [0.29, 0.717) is 23.6 Å². The first-order valence-corrected chi connectivity index (χ1v) is 6.35. The van der Waals surface area contributed by atoms with Crippen LogP contribution in [0.15, 0.2) is 28.7 Å². The van der Waals surface area contributed by atoms with Crippen LogP contribution in [0.25, 0.3) is 0 Å². The Kier molecular flexibility index (Phi) is 3.91. The molecule has 0 radical (unpaired) electrons. The number of rotatable bonds is 3. The van der Waals surface area contributed by atoms with E-state index in [0.717, 1.165) is 10.2 Å². The van der Waals surface area contributed by atoms with E-state index in [1.54, 1.807) is 19.2 Å². The van der Waals surface area contributed by atoms with Gasteiger partial charge in [0.2, 0.25) is 0 Å². The molecule has 0 amide bonds. The molecule has 5 heteroatoms. The van der Waals surface area contributed by atoms with E-state index in [2.05, 4.69) is 31.2 Å².